The molecule has 1 aromatic carbocycles. The second-order valence-corrected chi connectivity index (χ2v) is 8.80. The van der Waals surface area contributed by atoms with E-state index in [1.165, 1.54) is 6.33 Å². The highest BCUT2D eigenvalue weighted by atomic mass is 16.6. The lowest BCUT2D eigenvalue weighted by molar-refractivity contribution is -0.122. The van der Waals surface area contributed by atoms with Crippen molar-refractivity contribution in [3.05, 3.63) is 48.0 Å². The summed E-state index contributed by atoms with van der Waals surface area (Å²) in [4.78, 5) is 30.2. The Hall–Kier alpha value is -2.90. The van der Waals surface area contributed by atoms with Gasteiger partial charge in [0.2, 0.25) is 5.91 Å². The molecule has 2 amide bonds. The number of piperidine rings is 1. The second kappa shape index (κ2) is 9.73. The van der Waals surface area contributed by atoms with Gasteiger partial charge in [0, 0.05) is 26.1 Å². The van der Waals surface area contributed by atoms with Crippen LogP contribution in [0.15, 0.2) is 36.9 Å². The molecular weight excluding hydrogens is 382 g/mol. The van der Waals surface area contributed by atoms with Crippen LogP contribution in [0.3, 0.4) is 0 Å². The van der Waals surface area contributed by atoms with Crippen molar-refractivity contribution in [3.8, 4) is 0 Å². The van der Waals surface area contributed by atoms with Crippen molar-refractivity contribution in [2.45, 2.75) is 58.7 Å². The summed E-state index contributed by atoms with van der Waals surface area (Å²) in [5, 5.41) is 7.14. The molecule has 0 spiro atoms. The molecule has 0 unspecified atom stereocenters. The Morgan fingerprint density at radius 3 is 2.60 bits per heavy atom. The molecule has 30 heavy (non-hydrogen) atoms. The normalized spacial score (nSPS) is 15.1. The topological polar surface area (TPSA) is 89.4 Å². The van der Waals surface area contributed by atoms with Gasteiger partial charge in [-0.2, -0.15) is 5.10 Å². The summed E-state index contributed by atoms with van der Waals surface area (Å²) in [6.45, 7) is 8.03. The summed E-state index contributed by atoms with van der Waals surface area (Å²) >= 11 is 0. The minimum absolute atomic E-state index is 0.0485. The average Bonchev–Trinajstić information content (AvgIpc) is 3.19. The van der Waals surface area contributed by atoms with E-state index < -0.39 is 5.60 Å². The van der Waals surface area contributed by atoms with Crippen LogP contribution in [0.2, 0.25) is 0 Å². The standard InChI is InChI=1S/C22H31N5O3/c1-22(2,3)30-21(29)26-9-7-17(8-10-26)12-20(28)24-13-18-5-4-6-19(11-18)14-27-16-23-15-25-27/h4-6,11,15-17H,7-10,12-14H2,1-3H3,(H,24,28). The van der Waals surface area contributed by atoms with Crippen LogP contribution in [0.25, 0.3) is 0 Å². The van der Waals surface area contributed by atoms with Gasteiger partial charge in [-0.1, -0.05) is 24.3 Å². The fourth-order valence-corrected chi connectivity index (χ4v) is 3.52. The molecule has 1 aromatic heterocycles. The Morgan fingerprint density at radius 1 is 1.20 bits per heavy atom. The number of likely N-dealkylation sites (tertiary alicyclic amines) is 1. The van der Waals surface area contributed by atoms with Crippen molar-refractivity contribution < 1.29 is 14.3 Å². The zero-order chi connectivity index (χ0) is 21.6. The van der Waals surface area contributed by atoms with Crippen LogP contribution in [-0.2, 0) is 22.6 Å². The van der Waals surface area contributed by atoms with E-state index >= 15 is 0 Å². The van der Waals surface area contributed by atoms with Crippen LogP contribution in [0.1, 0.15) is 51.2 Å². The maximum Gasteiger partial charge on any atom is 0.410 e. The summed E-state index contributed by atoms with van der Waals surface area (Å²) in [5.41, 5.74) is 1.68. The van der Waals surface area contributed by atoms with Crippen LogP contribution >= 0.6 is 0 Å². The summed E-state index contributed by atoms with van der Waals surface area (Å²) in [7, 11) is 0. The van der Waals surface area contributed by atoms with E-state index in [4.69, 9.17) is 4.74 Å². The summed E-state index contributed by atoms with van der Waals surface area (Å²) in [6.07, 6.45) is 5.06. The Balaban J connectivity index is 1.40. The predicted molar refractivity (Wildman–Crippen MR) is 113 cm³/mol. The monoisotopic (exact) mass is 413 g/mol. The van der Waals surface area contributed by atoms with Gasteiger partial charge in [-0.05, 0) is 50.7 Å². The molecule has 1 aliphatic rings. The van der Waals surface area contributed by atoms with Crippen LogP contribution in [-0.4, -0.2) is 50.4 Å². The Bertz CT molecular complexity index is 837. The highest BCUT2D eigenvalue weighted by molar-refractivity contribution is 5.76. The fraction of sp³-hybridized carbons (Fsp3) is 0.545. The largest absolute Gasteiger partial charge is 0.444 e. The van der Waals surface area contributed by atoms with Crippen molar-refractivity contribution in [3.63, 3.8) is 0 Å². The SMILES string of the molecule is CC(C)(C)OC(=O)N1CCC(CC(=O)NCc2cccc(Cn3cncn3)c2)CC1. The first kappa shape index (κ1) is 21.8. The lowest BCUT2D eigenvalue weighted by atomic mass is 9.93. The van der Waals surface area contributed by atoms with Gasteiger partial charge in [-0.15, -0.1) is 0 Å². The molecule has 162 valence electrons. The van der Waals surface area contributed by atoms with Crippen LogP contribution in [0.4, 0.5) is 4.79 Å². The Kier molecular flexibility index (Phi) is 7.07. The highest BCUT2D eigenvalue weighted by Gasteiger charge is 2.27. The van der Waals surface area contributed by atoms with Crippen LogP contribution < -0.4 is 5.32 Å². The van der Waals surface area contributed by atoms with E-state index in [2.05, 4.69) is 21.5 Å². The highest BCUT2D eigenvalue weighted by Crippen LogP contribution is 2.22. The zero-order valence-corrected chi connectivity index (χ0v) is 18.0. The lowest BCUT2D eigenvalue weighted by Crippen LogP contribution is -2.42. The Labute approximate surface area is 177 Å². The quantitative estimate of drug-likeness (QED) is 0.786. The van der Waals surface area contributed by atoms with E-state index in [-0.39, 0.29) is 12.0 Å². The maximum atomic E-state index is 12.4. The molecule has 0 bridgehead atoms. The molecule has 1 aliphatic heterocycles. The molecule has 3 rings (SSSR count). The molecule has 0 aliphatic carbocycles. The number of aromatic nitrogens is 3. The van der Waals surface area contributed by atoms with Gasteiger partial charge in [-0.3, -0.25) is 4.79 Å². The first-order valence-corrected chi connectivity index (χ1v) is 10.4. The molecular formula is C22H31N5O3. The predicted octanol–water partition coefficient (Wildman–Crippen LogP) is 2.98. The van der Waals surface area contributed by atoms with Crippen molar-refractivity contribution in [1.29, 1.82) is 0 Å². The van der Waals surface area contributed by atoms with Gasteiger partial charge in [0.25, 0.3) is 0 Å². The van der Waals surface area contributed by atoms with Crippen molar-refractivity contribution in [2.24, 2.45) is 5.92 Å². The molecule has 0 saturated carbocycles. The molecule has 1 N–H and O–H groups in total. The number of carbonyl (C=O) groups is 2. The number of rotatable bonds is 6. The van der Waals surface area contributed by atoms with Gasteiger partial charge in [0.15, 0.2) is 0 Å². The number of carbonyl (C=O) groups excluding carboxylic acids is 2. The number of nitrogens with one attached hydrogen (secondary N) is 1. The zero-order valence-electron chi connectivity index (χ0n) is 18.0. The molecule has 0 radical (unpaired) electrons. The van der Waals surface area contributed by atoms with Gasteiger partial charge < -0.3 is 15.0 Å². The van der Waals surface area contributed by atoms with Gasteiger partial charge in [0.05, 0.1) is 6.54 Å². The van der Waals surface area contributed by atoms with Gasteiger partial charge >= 0.3 is 6.09 Å². The molecule has 8 nitrogen and oxygen atoms in total. The molecule has 2 heterocycles. The third kappa shape index (κ3) is 6.86. The minimum atomic E-state index is -0.486. The number of hydrogen-bond donors (Lipinski definition) is 1. The molecule has 2 aromatic rings. The molecule has 1 saturated heterocycles. The third-order valence-electron chi connectivity index (χ3n) is 5.03. The van der Waals surface area contributed by atoms with Crippen LogP contribution in [0.5, 0.6) is 0 Å². The number of hydrogen-bond acceptors (Lipinski definition) is 5. The van der Waals surface area contributed by atoms with Crippen LogP contribution in [0, 0.1) is 5.92 Å². The second-order valence-electron chi connectivity index (χ2n) is 8.80. The van der Waals surface area contributed by atoms with E-state index in [0.29, 0.717) is 38.5 Å². The van der Waals surface area contributed by atoms with Crippen molar-refractivity contribution in [2.75, 3.05) is 13.1 Å². The van der Waals surface area contributed by atoms with Gasteiger partial charge in [-0.25, -0.2) is 14.5 Å². The molecule has 0 atom stereocenters. The summed E-state index contributed by atoms with van der Waals surface area (Å²) in [5.74, 6) is 0.342. The average molecular weight is 414 g/mol. The maximum absolute atomic E-state index is 12.4. The molecule has 8 heteroatoms. The lowest BCUT2D eigenvalue weighted by Gasteiger charge is -2.33. The van der Waals surface area contributed by atoms with E-state index in [1.54, 1.807) is 15.9 Å². The first-order valence-electron chi connectivity index (χ1n) is 10.4. The van der Waals surface area contributed by atoms with E-state index in [9.17, 15) is 9.59 Å². The third-order valence-corrected chi connectivity index (χ3v) is 5.03. The smallest absolute Gasteiger partial charge is 0.410 e. The van der Waals surface area contributed by atoms with Gasteiger partial charge in [0.1, 0.15) is 18.3 Å². The molecule has 1 fully saturated rings. The summed E-state index contributed by atoms with van der Waals surface area (Å²) < 4.78 is 7.19. The number of benzene rings is 1. The van der Waals surface area contributed by atoms with E-state index in [1.807, 2.05) is 39.0 Å². The fourth-order valence-electron chi connectivity index (χ4n) is 3.52. The van der Waals surface area contributed by atoms with Crippen molar-refractivity contribution in [1.82, 2.24) is 25.0 Å². The minimum Gasteiger partial charge on any atom is -0.444 e. The van der Waals surface area contributed by atoms with E-state index in [0.717, 1.165) is 24.0 Å². The van der Waals surface area contributed by atoms with Crippen molar-refractivity contribution >= 4 is 12.0 Å². The summed E-state index contributed by atoms with van der Waals surface area (Å²) in [6, 6.07) is 8.09. The number of amides is 2. The number of ether oxygens (including phenoxy) is 1. The Morgan fingerprint density at radius 2 is 1.93 bits per heavy atom. The number of nitrogens with zero attached hydrogens (tertiary/aromatic N) is 4. The first-order chi connectivity index (χ1) is 14.3.